The molecule has 9 nitrogen and oxygen atoms in total. The van der Waals surface area contributed by atoms with Gasteiger partial charge >= 0.3 is 12.3 Å². The Morgan fingerprint density at radius 1 is 1.12 bits per heavy atom. The summed E-state index contributed by atoms with van der Waals surface area (Å²) in [5, 5.41) is 2.66. The molecule has 0 radical (unpaired) electrons. The molecule has 0 saturated carbocycles. The van der Waals surface area contributed by atoms with Crippen molar-refractivity contribution in [2.24, 2.45) is 5.92 Å². The lowest BCUT2D eigenvalue weighted by Gasteiger charge is -2.42. The van der Waals surface area contributed by atoms with Crippen molar-refractivity contribution < 1.29 is 41.8 Å². The Hall–Kier alpha value is -3.02. The first-order valence-corrected chi connectivity index (χ1v) is 13.8. The molecule has 2 fully saturated rings. The predicted molar refractivity (Wildman–Crippen MR) is 140 cm³/mol. The van der Waals surface area contributed by atoms with Crippen LogP contribution in [0.25, 0.3) is 0 Å². The number of fused-ring (bicyclic) bond motifs is 1. The first kappa shape index (κ1) is 30.0. The highest BCUT2D eigenvalue weighted by Crippen LogP contribution is 2.42. The standard InChI is InChI=1S/C28H38F3N3O6/c1-16(2)34(18-7-6-10-33(15-18)26(37)40-27(3,4)5)25(36)19-13-21-22(14-20(19)28(29,30)31)39-23(24(35)32-21)17-8-11-38-12-9-17/h13-14,16-18,23H,6-12,15H2,1-5H3,(H,32,35)/t18-,23?/m1/s1. The Balaban J connectivity index is 1.64. The number of carbonyl (C=O) groups is 3. The van der Waals surface area contributed by atoms with Gasteiger partial charge in [-0.2, -0.15) is 13.2 Å². The first-order chi connectivity index (χ1) is 18.7. The average Bonchev–Trinajstić information content (AvgIpc) is 2.86. The molecule has 2 atom stereocenters. The largest absolute Gasteiger partial charge is 0.478 e. The summed E-state index contributed by atoms with van der Waals surface area (Å²) >= 11 is 0. The van der Waals surface area contributed by atoms with Gasteiger partial charge in [0.25, 0.3) is 11.8 Å². The number of nitrogens with one attached hydrogen (secondary N) is 1. The van der Waals surface area contributed by atoms with E-state index in [0.29, 0.717) is 45.4 Å². The van der Waals surface area contributed by atoms with Crippen LogP contribution < -0.4 is 10.1 Å². The lowest BCUT2D eigenvalue weighted by molar-refractivity contribution is -0.138. The van der Waals surface area contributed by atoms with E-state index in [9.17, 15) is 27.6 Å². The maximum Gasteiger partial charge on any atom is 0.417 e. The number of alkyl halides is 3. The highest BCUT2D eigenvalue weighted by atomic mass is 19.4. The van der Waals surface area contributed by atoms with Crippen LogP contribution in [0.5, 0.6) is 5.75 Å². The Morgan fingerprint density at radius 2 is 1.80 bits per heavy atom. The summed E-state index contributed by atoms with van der Waals surface area (Å²) in [4.78, 5) is 42.3. The van der Waals surface area contributed by atoms with E-state index >= 15 is 0 Å². The number of halogens is 3. The number of likely N-dealkylation sites (tertiary alicyclic amines) is 1. The summed E-state index contributed by atoms with van der Waals surface area (Å²) in [7, 11) is 0. The van der Waals surface area contributed by atoms with Gasteiger partial charge in [-0.25, -0.2) is 4.79 Å². The van der Waals surface area contributed by atoms with Crippen LogP contribution in [-0.4, -0.2) is 77.8 Å². The van der Waals surface area contributed by atoms with E-state index in [1.54, 1.807) is 34.6 Å². The summed E-state index contributed by atoms with van der Waals surface area (Å²) in [6.07, 6.45) is -4.13. The molecule has 1 aromatic carbocycles. The molecule has 40 heavy (non-hydrogen) atoms. The third-order valence-corrected chi connectivity index (χ3v) is 7.35. The molecule has 1 aromatic rings. The number of hydrogen-bond acceptors (Lipinski definition) is 6. The number of nitrogens with zero attached hydrogens (tertiary/aromatic N) is 2. The van der Waals surface area contributed by atoms with E-state index in [1.165, 1.54) is 9.80 Å². The summed E-state index contributed by atoms with van der Waals surface area (Å²) in [5.74, 6) is -1.60. The minimum absolute atomic E-state index is 0.0207. The van der Waals surface area contributed by atoms with E-state index in [1.807, 2.05) is 0 Å². The molecule has 3 heterocycles. The highest BCUT2D eigenvalue weighted by molar-refractivity contribution is 6.02. The lowest BCUT2D eigenvalue weighted by Crippen LogP contribution is -2.54. The third kappa shape index (κ3) is 6.64. The maximum atomic E-state index is 14.3. The zero-order valence-corrected chi connectivity index (χ0v) is 23.6. The van der Waals surface area contributed by atoms with Crippen LogP contribution in [0.1, 0.15) is 76.2 Å². The molecule has 1 unspecified atom stereocenters. The number of carbonyl (C=O) groups excluding carboxylic acids is 3. The number of hydrogen-bond donors (Lipinski definition) is 1. The number of rotatable bonds is 4. The Kier molecular flexibility index (Phi) is 8.58. The van der Waals surface area contributed by atoms with Gasteiger partial charge in [0.05, 0.1) is 22.9 Å². The van der Waals surface area contributed by atoms with E-state index < -0.39 is 59.0 Å². The molecule has 0 spiro atoms. The fourth-order valence-electron chi connectivity index (χ4n) is 5.54. The number of anilines is 1. The van der Waals surface area contributed by atoms with Gasteiger partial charge < -0.3 is 29.3 Å². The maximum absolute atomic E-state index is 14.3. The van der Waals surface area contributed by atoms with Gasteiger partial charge in [0.1, 0.15) is 11.4 Å². The van der Waals surface area contributed by atoms with E-state index in [0.717, 1.165) is 12.1 Å². The molecule has 1 N–H and O–H groups in total. The normalized spacial score (nSPS) is 22.3. The molecule has 2 saturated heterocycles. The second-order valence-corrected chi connectivity index (χ2v) is 11.9. The third-order valence-electron chi connectivity index (χ3n) is 7.35. The minimum Gasteiger partial charge on any atom is -0.478 e. The van der Waals surface area contributed by atoms with Gasteiger partial charge in [-0.05, 0) is 72.4 Å². The van der Waals surface area contributed by atoms with Crippen LogP contribution in [0.15, 0.2) is 12.1 Å². The van der Waals surface area contributed by atoms with E-state index in [-0.39, 0.29) is 23.9 Å². The Morgan fingerprint density at radius 3 is 2.40 bits per heavy atom. The van der Waals surface area contributed by atoms with Gasteiger partial charge in [0, 0.05) is 38.3 Å². The fourth-order valence-corrected chi connectivity index (χ4v) is 5.54. The molecule has 0 aliphatic carbocycles. The molecule has 3 aliphatic rings. The number of ether oxygens (including phenoxy) is 3. The second kappa shape index (κ2) is 11.5. The fraction of sp³-hybridized carbons (Fsp3) is 0.679. The summed E-state index contributed by atoms with van der Waals surface area (Å²) < 4.78 is 59.6. The van der Waals surface area contributed by atoms with Gasteiger partial charge in [-0.1, -0.05) is 0 Å². The van der Waals surface area contributed by atoms with Crippen molar-refractivity contribution in [3.8, 4) is 5.75 Å². The predicted octanol–water partition coefficient (Wildman–Crippen LogP) is 5.08. The van der Waals surface area contributed by atoms with Crippen molar-refractivity contribution >= 4 is 23.6 Å². The first-order valence-electron chi connectivity index (χ1n) is 13.8. The second-order valence-electron chi connectivity index (χ2n) is 11.9. The van der Waals surface area contributed by atoms with Gasteiger partial charge in [0.2, 0.25) is 0 Å². The van der Waals surface area contributed by atoms with Crippen LogP contribution >= 0.6 is 0 Å². The van der Waals surface area contributed by atoms with Crippen LogP contribution in [-0.2, 0) is 20.4 Å². The zero-order valence-electron chi connectivity index (χ0n) is 23.6. The highest BCUT2D eigenvalue weighted by Gasteiger charge is 2.43. The van der Waals surface area contributed by atoms with Crippen molar-refractivity contribution in [3.63, 3.8) is 0 Å². The molecular weight excluding hydrogens is 531 g/mol. The Labute approximate surface area is 232 Å². The quantitative estimate of drug-likeness (QED) is 0.543. The van der Waals surface area contributed by atoms with Crippen molar-refractivity contribution in [2.75, 3.05) is 31.6 Å². The molecule has 3 aliphatic heterocycles. The molecule has 0 bridgehead atoms. The van der Waals surface area contributed by atoms with E-state index in [4.69, 9.17) is 14.2 Å². The topological polar surface area (TPSA) is 97.4 Å². The molecule has 0 aromatic heterocycles. The van der Waals surface area contributed by atoms with Crippen LogP contribution in [0, 0.1) is 5.92 Å². The SMILES string of the molecule is CC(C)N(C(=O)c1cc2c(cc1C(F)(F)F)OC(C1CCOCC1)C(=O)N2)[C@@H]1CCCN(C(=O)OC(C)(C)C)C1. The zero-order chi connectivity index (χ0) is 29.4. The van der Waals surface area contributed by atoms with Crippen LogP contribution in [0.2, 0.25) is 0 Å². The molecular formula is C28H38F3N3O6. The number of benzene rings is 1. The smallest absolute Gasteiger partial charge is 0.417 e. The molecule has 222 valence electrons. The van der Waals surface area contributed by atoms with Crippen LogP contribution in [0.3, 0.4) is 0 Å². The van der Waals surface area contributed by atoms with Crippen molar-refractivity contribution in [1.29, 1.82) is 0 Å². The molecule has 3 amide bonds. The van der Waals surface area contributed by atoms with Crippen LogP contribution in [0.4, 0.5) is 23.7 Å². The monoisotopic (exact) mass is 569 g/mol. The summed E-state index contributed by atoms with van der Waals surface area (Å²) in [5.41, 5.74) is -2.41. The molecule has 12 heteroatoms. The van der Waals surface area contributed by atoms with Crippen molar-refractivity contribution in [2.45, 2.75) is 90.3 Å². The number of amides is 3. The summed E-state index contributed by atoms with van der Waals surface area (Å²) in [6, 6.07) is 0.884. The van der Waals surface area contributed by atoms with Crippen molar-refractivity contribution in [3.05, 3.63) is 23.3 Å². The van der Waals surface area contributed by atoms with Gasteiger partial charge in [0.15, 0.2) is 6.10 Å². The summed E-state index contributed by atoms with van der Waals surface area (Å²) in [6.45, 7) is 10.1. The molecule has 4 rings (SSSR count). The van der Waals surface area contributed by atoms with Crippen molar-refractivity contribution in [1.82, 2.24) is 9.80 Å². The minimum atomic E-state index is -4.85. The average molecular weight is 570 g/mol. The van der Waals surface area contributed by atoms with Gasteiger partial charge in [-0.3, -0.25) is 9.59 Å². The van der Waals surface area contributed by atoms with Gasteiger partial charge in [-0.15, -0.1) is 0 Å². The lowest BCUT2D eigenvalue weighted by atomic mass is 9.92. The Bertz CT molecular complexity index is 1130. The van der Waals surface area contributed by atoms with E-state index in [2.05, 4.69) is 5.32 Å². The number of piperidine rings is 1.